The van der Waals surface area contributed by atoms with Crippen LogP contribution in [-0.2, 0) is 16.1 Å². The van der Waals surface area contributed by atoms with Crippen molar-refractivity contribution in [1.82, 2.24) is 14.8 Å². The average molecular weight is 527 g/mol. The van der Waals surface area contributed by atoms with Crippen LogP contribution in [0, 0.1) is 0 Å². The van der Waals surface area contributed by atoms with E-state index >= 15 is 0 Å². The summed E-state index contributed by atoms with van der Waals surface area (Å²) in [6, 6.07) is 13.0. The van der Waals surface area contributed by atoms with Gasteiger partial charge in [0.2, 0.25) is 5.95 Å². The minimum Gasteiger partial charge on any atom is -0.493 e. The van der Waals surface area contributed by atoms with E-state index in [4.69, 9.17) is 14.2 Å². The molecule has 1 N–H and O–H groups in total. The number of carbonyl (C=O) groups excluding carboxylic acids is 1. The number of rotatable bonds is 9. The zero-order valence-corrected chi connectivity index (χ0v) is 21.0. The molecule has 0 aliphatic carbocycles. The number of carbonyl (C=O) groups is 1. The second-order valence-electron chi connectivity index (χ2n) is 7.91. The fourth-order valence-corrected chi connectivity index (χ4v) is 4.26. The highest BCUT2D eigenvalue weighted by Gasteiger charge is 2.34. The number of aromatic nitrogens is 3. The van der Waals surface area contributed by atoms with Crippen LogP contribution in [0.25, 0.3) is 0 Å². The molecule has 1 aromatic heterocycles. The molecule has 178 valence electrons. The van der Waals surface area contributed by atoms with Crippen LogP contribution < -0.4 is 14.8 Å². The Bertz CT molecular complexity index is 1210. The lowest BCUT2D eigenvalue weighted by Gasteiger charge is -2.28. The van der Waals surface area contributed by atoms with Gasteiger partial charge in [-0.05, 0) is 48.7 Å². The zero-order valence-electron chi connectivity index (χ0n) is 19.4. The molecule has 3 aromatic rings. The van der Waals surface area contributed by atoms with Gasteiger partial charge >= 0.3 is 5.97 Å². The summed E-state index contributed by atoms with van der Waals surface area (Å²) in [5, 5.41) is 7.52. The van der Waals surface area contributed by atoms with Crippen LogP contribution in [-0.4, -0.2) is 34.5 Å². The van der Waals surface area contributed by atoms with Crippen molar-refractivity contribution < 1.29 is 19.0 Å². The first kappa shape index (κ1) is 23.8. The van der Waals surface area contributed by atoms with Gasteiger partial charge in [-0.2, -0.15) is 10.1 Å². The van der Waals surface area contributed by atoms with E-state index in [1.54, 1.807) is 11.8 Å². The van der Waals surface area contributed by atoms with Crippen molar-refractivity contribution in [3.8, 4) is 11.5 Å². The molecule has 1 unspecified atom stereocenters. The zero-order chi connectivity index (χ0) is 24.1. The van der Waals surface area contributed by atoms with E-state index in [0.717, 1.165) is 28.4 Å². The molecule has 0 saturated carbocycles. The maximum Gasteiger partial charge on any atom is 0.338 e. The summed E-state index contributed by atoms with van der Waals surface area (Å²) in [6.07, 6.45) is 3.21. The van der Waals surface area contributed by atoms with Gasteiger partial charge in [-0.1, -0.05) is 47.5 Å². The van der Waals surface area contributed by atoms with Gasteiger partial charge in [-0.3, -0.25) is 0 Å². The number of esters is 1. The maximum absolute atomic E-state index is 13.1. The summed E-state index contributed by atoms with van der Waals surface area (Å²) in [6.45, 7) is 4.66. The van der Waals surface area contributed by atoms with Crippen LogP contribution in [0.2, 0.25) is 0 Å². The molecule has 4 rings (SSSR count). The van der Waals surface area contributed by atoms with Gasteiger partial charge in [0, 0.05) is 10.2 Å². The van der Waals surface area contributed by atoms with Crippen LogP contribution in [0.15, 0.2) is 64.5 Å². The minimum absolute atomic E-state index is 0.370. The Morgan fingerprint density at radius 1 is 1.21 bits per heavy atom. The molecule has 0 spiro atoms. The maximum atomic E-state index is 13.1. The van der Waals surface area contributed by atoms with Crippen LogP contribution in [0.4, 0.5) is 5.95 Å². The lowest BCUT2D eigenvalue weighted by molar-refractivity contribution is -0.139. The first-order chi connectivity index (χ1) is 16.5. The Balaban J connectivity index is 1.64. The molecule has 0 bridgehead atoms. The van der Waals surface area contributed by atoms with Crippen molar-refractivity contribution in [2.24, 2.45) is 0 Å². The van der Waals surface area contributed by atoms with E-state index in [1.807, 2.05) is 49.4 Å². The minimum atomic E-state index is -0.513. The van der Waals surface area contributed by atoms with Crippen molar-refractivity contribution >= 4 is 27.8 Å². The first-order valence-corrected chi connectivity index (χ1v) is 11.9. The van der Waals surface area contributed by atoms with Gasteiger partial charge in [-0.15, -0.1) is 0 Å². The lowest BCUT2D eigenvalue weighted by Crippen LogP contribution is -2.29. The van der Waals surface area contributed by atoms with Gasteiger partial charge in [0.15, 0.2) is 11.5 Å². The predicted octanol–water partition coefficient (Wildman–Crippen LogP) is 5.26. The van der Waals surface area contributed by atoms with Crippen molar-refractivity contribution in [3.63, 3.8) is 0 Å². The summed E-state index contributed by atoms with van der Waals surface area (Å²) in [5.74, 6) is 1.34. The van der Waals surface area contributed by atoms with Gasteiger partial charge in [0.25, 0.3) is 0 Å². The van der Waals surface area contributed by atoms with Crippen molar-refractivity contribution in [2.45, 2.75) is 39.3 Å². The summed E-state index contributed by atoms with van der Waals surface area (Å²) < 4.78 is 19.9. The van der Waals surface area contributed by atoms with Crippen molar-refractivity contribution in [1.29, 1.82) is 0 Å². The highest BCUT2D eigenvalue weighted by molar-refractivity contribution is 9.10. The quantitative estimate of drug-likeness (QED) is 0.300. The Hall–Kier alpha value is -3.33. The third kappa shape index (κ3) is 5.09. The number of allylic oxidation sites excluding steroid dienone is 1. The summed E-state index contributed by atoms with van der Waals surface area (Å²) in [7, 11) is 1.59. The number of nitrogens with one attached hydrogen (secondary N) is 1. The number of halogens is 1. The molecule has 0 fully saturated rings. The molecule has 34 heavy (non-hydrogen) atoms. The SMILES string of the molecule is CCCCOC(=O)C1=C(C)Nc2ncnn2C1c1ccc(OCc2cccc(Br)c2)c(OC)c1. The van der Waals surface area contributed by atoms with Crippen molar-refractivity contribution in [3.05, 3.63) is 75.7 Å². The summed E-state index contributed by atoms with van der Waals surface area (Å²) in [5.41, 5.74) is 3.00. The van der Waals surface area contributed by atoms with Gasteiger partial charge in [0.1, 0.15) is 19.0 Å². The lowest BCUT2D eigenvalue weighted by atomic mass is 9.95. The molecule has 0 radical (unpaired) electrons. The number of hydrogen-bond acceptors (Lipinski definition) is 7. The van der Waals surface area contributed by atoms with E-state index in [0.29, 0.717) is 41.9 Å². The molecular weight excluding hydrogens is 500 g/mol. The van der Waals surface area contributed by atoms with Gasteiger partial charge in [0.05, 0.1) is 19.3 Å². The molecule has 0 saturated heterocycles. The molecule has 1 aliphatic heterocycles. The standard InChI is InChI=1S/C25H27BrN4O4/c1-4-5-11-33-24(31)22-16(2)29-25-27-15-28-30(25)23(22)18-9-10-20(21(13-18)32-3)34-14-17-7-6-8-19(26)12-17/h6-10,12-13,15,23H,4-5,11,14H2,1-3H3,(H,27,28,29). The molecule has 1 atom stereocenters. The predicted molar refractivity (Wildman–Crippen MR) is 132 cm³/mol. The summed E-state index contributed by atoms with van der Waals surface area (Å²) in [4.78, 5) is 17.3. The highest BCUT2D eigenvalue weighted by atomic mass is 79.9. The monoisotopic (exact) mass is 526 g/mol. The van der Waals surface area contributed by atoms with E-state index in [-0.39, 0.29) is 5.97 Å². The molecule has 9 heteroatoms. The van der Waals surface area contributed by atoms with Crippen LogP contribution in [0.1, 0.15) is 43.9 Å². The second-order valence-corrected chi connectivity index (χ2v) is 8.83. The number of hydrogen-bond donors (Lipinski definition) is 1. The Labute approximate surface area is 207 Å². The number of benzene rings is 2. The van der Waals surface area contributed by atoms with Gasteiger partial charge in [-0.25, -0.2) is 9.48 Å². The normalized spacial score (nSPS) is 14.9. The number of anilines is 1. The van der Waals surface area contributed by atoms with Gasteiger partial charge < -0.3 is 19.5 Å². The number of nitrogens with zero attached hydrogens (tertiary/aromatic N) is 3. The number of fused-ring (bicyclic) bond motifs is 1. The Morgan fingerprint density at radius 3 is 2.82 bits per heavy atom. The first-order valence-electron chi connectivity index (χ1n) is 11.1. The molecule has 0 amide bonds. The van der Waals surface area contributed by atoms with E-state index in [1.165, 1.54) is 6.33 Å². The Morgan fingerprint density at radius 2 is 2.06 bits per heavy atom. The summed E-state index contributed by atoms with van der Waals surface area (Å²) >= 11 is 3.48. The van der Waals surface area contributed by atoms with E-state index < -0.39 is 6.04 Å². The number of methoxy groups -OCH3 is 1. The molecule has 2 aromatic carbocycles. The fourth-order valence-electron chi connectivity index (χ4n) is 3.81. The fraction of sp³-hybridized carbons (Fsp3) is 0.320. The molecule has 2 heterocycles. The third-order valence-corrected chi connectivity index (χ3v) is 6.03. The third-order valence-electron chi connectivity index (χ3n) is 5.53. The van der Waals surface area contributed by atoms with E-state index in [2.05, 4.69) is 38.3 Å². The highest BCUT2D eigenvalue weighted by Crippen LogP contribution is 2.39. The topological polar surface area (TPSA) is 87.5 Å². The molecule has 1 aliphatic rings. The van der Waals surface area contributed by atoms with Crippen LogP contribution in [0.5, 0.6) is 11.5 Å². The number of ether oxygens (including phenoxy) is 3. The number of unbranched alkanes of at least 4 members (excludes halogenated alkanes) is 1. The molecule has 8 nitrogen and oxygen atoms in total. The Kier molecular flexibility index (Phi) is 7.52. The largest absolute Gasteiger partial charge is 0.493 e. The second kappa shape index (κ2) is 10.7. The van der Waals surface area contributed by atoms with Crippen LogP contribution >= 0.6 is 15.9 Å². The average Bonchev–Trinajstić information content (AvgIpc) is 3.30. The smallest absolute Gasteiger partial charge is 0.338 e. The van der Waals surface area contributed by atoms with Crippen LogP contribution in [0.3, 0.4) is 0 Å². The van der Waals surface area contributed by atoms with Crippen molar-refractivity contribution in [2.75, 3.05) is 19.0 Å². The van der Waals surface area contributed by atoms with E-state index in [9.17, 15) is 4.79 Å². The molecular formula is C25H27BrN4O4.